The fourth-order valence-electron chi connectivity index (χ4n) is 1.92. The summed E-state index contributed by atoms with van der Waals surface area (Å²) in [6.07, 6.45) is 0.880. The summed E-state index contributed by atoms with van der Waals surface area (Å²) >= 11 is 3.43. The summed E-state index contributed by atoms with van der Waals surface area (Å²) in [6.45, 7) is 4.86. The zero-order valence-electron chi connectivity index (χ0n) is 11.0. The number of carbonyl (C=O) groups is 1. The van der Waals surface area contributed by atoms with Crippen molar-refractivity contribution in [3.05, 3.63) is 33.8 Å². The van der Waals surface area contributed by atoms with Crippen LogP contribution < -0.4 is 0 Å². The van der Waals surface area contributed by atoms with E-state index in [0.717, 1.165) is 16.5 Å². The number of aryl methyl sites for hydroxylation is 1. The van der Waals surface area contributed by atoms with Crippen LogP contribution in [0.2, 0.25) is 0 Å². The van der Waals surface area contributed by atoms with Crippen LogP contribution in [-0.4, -0.2) is 15.9 Å². The highest BCUT2D eigenvalue weighted by Crippen LogP contribution is 2.30. The molecule has 0 saturated heterocycles. The lowest BCUT2D eigenvalue weighted by atomic mass is 10.1. The van der Waals surface area contributed by atoms with Crippen molar-refractivity contribution in [3.8, 4) is 0 Å². The topological polar surface area (TPSA) is 63.3 Å². The molecule has 0 fully saturated rings. The second-order valence-electron chi connectivity index (χ2n) is 4.32. The quantitative estimate of drug-likeness (QED) is 0.684. The van der Waals surface area contributed by atoms with E-state index in [2.05, 4.69) is 20.9 Å². The summed E-state index contributed by atoms with van der Waals surface area (Å²) in [5.74, 6) is -0.222. The molecule has 19 heavy (non-hydrogen) atoms. The molecule has 100 valence electrons. The first-order valence-corrected chi connectivity index (χ1v) is 6.73. The summed E-state index contributed by atoms with van der Waals surface area (Å²) < 4.78 is 6.38. The van der Waals surface area contributed by atoms with Crippen molar-refractivity contribution in [2.24, 2.45) is 0 Å². The predicted molar refractivity (Wildman–Crippen MR) is 77.0 cm³/mol. The smallest absolute Gasteiger partial charge is 0.234 e. The standard InChI is InChI=1S/C14H14BrNO3/c1-4-9-5-10(15)13-11(6-9)16-14(19-13)12(7(2)17)8(3)18/h5-6,17H,4H2,1-3H3. The van der Waals surface area contributed by atoms with Gasteiger partial charge in [-0.05, 0) is 53.9 Å². The minimum atomic E-state index is -0.279. The number of aromatic nitrogens is 1. The second kappa shape index (κ2) is 5.17. The van der Waals surface area contributed by atoms with Crippen LogP contribution in [0.15, 0.2) is 26.8 Å². The lowest BCUT2D eigenvalue weighted by Crippen LogP contribution is -1.99. The Kier molecular flexibility index (Phi) is 3.75. The van der Waals surface area contributed by atoms with Gasteiger partial charge < -0.3 is 9.52 Å². The van der Waals surface area contributed by atoms with Crippen molar-refractivity contribution < 1.29 is 14.3 Å². The van der Waals surface area contributed by atoms with E-state index >= 15 is 0 Å². The minimum absolute atomic E-state index is 0.0918. The van der Waals surface area contributed by atoms with Gasteiger partial charge in [-0.3, -0.25) is 4.79 Å². The van der Waals surface area contributed by atoms with Gasteiger partial charge in [0.2, 0.25) is 5.89 Å². The number of rotatable bonds is 3. The molecule has 0 aliphatic heterocycles. The van der Waals surface area contributed by atoms with E-state index in [1.165, 1.54) is 13.8 Å². The van der Waals surface area contributed by atoms with Gasteiger partial charge in [-0.25, -0.2) is 4.98 Å². The average molecular weight is 324 g/mol. The molecule has 5 heteroatoms. The summed E-state index contributed by atoms with van der Waals surface area (Å²) in [7, 11) is 0. The summed E-state index contributed by atoms with van der Waals surface area (Å²) in [5.41, 5.74) is 2.47. The fraction of sp³-hybridized carbons (Fsp3) is 0.286. The average Bonchev–Trinajstić information content (AvgIpc) is 2.71. The fourth-order valence-corrected chi connectivity index (χ4v) is 2.50. The molecule has 2 aromatic rings. The Hall–Kier alpha value is -1.62. The lowest BCUT2D eigenvalue weighted by molar-refractivity contribution is -0.112. The van der Waals surface area contributed by atoms with Crippen molar-refractivity contribution >= 4 is 38.4 Å². The van der Waals surface area contributed by atoms with Gasteiger partial charge in [0.1, 0.15) is 16.8 Å². The number of Topliss-reactive ketones (excluding diaryl/α,β-unsaturated/α-hetero) is 1. The minimum Gasteiger partial charge on any atom is -0.512 e. The Balaban J connectivity index is 2.68. The van der Waals surface area contributed by atoms with Crippen LogP contribution in [0.1, 0.15) is 32.2 Å². The van der Waals surface area contributed by atoms with Gasteiger partial charge in [-0.1, -0.05) is 6.92 Å². The third-order valence-electron chi connectivity index (χ3n) is 2.84. The Morgan fingerprint density at radius 3 is 2.63 bits per heavy atom. The highest BCUT2D eigenvalue weighted by Gasteiger charge is 2.19. The molecule has 1 N–H and O–H groups in total. The molecule has 0 bridgehead atoms. The Bertz CT molecular complexity index is 681. The number of hydrogen-bond acceptors (Lipinski definition) is 4. The number of aliphatic hydroxyl groups excluding tert-OH is 1. The van der Waals surface area contributed by atoms with Crippen LogP contribution in [0, 0.1) is 0 Å². The predicted octanol–water partition coefficient (Wildman–Crippen LogP) is 4.03. The number of aliphatic hydroxyl groups is 1. The normalized spacial score (nSPS) is 12.6. The number of ketones is 1. The molecule has 0 unspecified atom stereocenters. The number of allylic oxidation sites excluding steroid dienone is 2. The first kappa shape index (κ1) is 13.8. The SMILES string of the molecule is CCc1cc(Br)c2oc(C(C(C)=O)=C(C)O)nc2c1. The maximum atomic E-state index is 11.5. The molecule has 1 heterocycles. The Morgan fingerprint density at radius 2 is 2.11 bits per heavy atom. The number of halogens is 1. The highest BCUT2D eigenvalue weighted by atomic mass is 79.9. The maximum Gasteiger partial charge on any atom is 0.234 e. The molecule has 2 rings (SSSR count). The first-order valence-electron chi connectivity index (χ1n) is 5.94. The highest BCUT2D eigenvalue weighted by molar-refractivity contribution is 9.10. The molecule has 0 spiro atoms. The molecule has 0 aliphatic rings. The molecule has 0 radical (unpaired) electrons. The first-order chi connectivity index (χ1) is 8.93. The van der Waals surface area contributed by atoms with Crippen LogP contribution in [0.3, 0.4) is 0 Å². The largest absolute Gasteiger partial charge is 0.512 e. The molecular weight excluding hydrogens is 310 g/mol. The van der Waals surface area contributed by atoms with E-state index in [1.807, 2.05) is 19.1 Å². The molecule has 4 nitrogen and oxygen atoms in total. The van der Waals surface area contributed by atoms with Crippen molar-refractivity contribution in [3.63, 3.8) is 0 Å². The number of fused-ring (bicyclic) bond motifs is 1. The molecule has 0 atom stereocenters. The Labute approximate surface area is 119 Å². The van der Waals surface area contributed by atoms with Gasteiger partial charge in [0.05, 0.1) is 4.47 Å². The van der Waals surface area contributed by atoms with Gasteiger partial charge in [0.15, 0.2) is 11.4 Å². The number of benzene rings is 1. The zero-order valence-corrected chi connectivity index (χ0v) is 12.5. The van der Waals surface area contributed by atoms with E-state index in [0.29, 0.717) is 11.1 Å². The number of oxazole rings is 1. The van der Waals surface area contributed by atoms with E-state index in [-0.39, 0.29) is 23.0 Å². The van der Waals surface area contributed by atoms with Crippen LogP contribution in [0.5, 0.6) is 0 Å². The number of carbonyl (C=O) groups excluding carboxylic acids is 1. The molecule has 0 amide bonds. The molecule has 1 aromatic heterocycles. The van der Waals surface area contributed by atoms with Crippen molar-refractivity contribution in [2.75, 3.05) is 0 Å². The zero-order chi connectivity index (χ0) is 14.2. The van der Waals surface area contributed by atoms with E-state index in [9.17, 15) is 9.90 Å². The third-order valence-corrected chi connectivity index (χ3v) is 3.43. The van der Waals surface area contributed by atoms with Crippen molar-refractivity contribution in [1.29, 1.82) is 0 Å². The van der Waals surface area contributed by atoms with E-state index in [1.54, 1.807) is 0 Å². The van der Waals surface area contributed by atoms with Gasteiger partial charge in [0.25, 0.3) is 0 Å². The molecular formula is C14H14BrNO3. The Morgan fingerprint density at radius 1 is 1.42 bits per heavy atom. The van der Waals surface area contributed by atoms with Crippen LogP contribution in [0.4, 0.5) is 0 Å². The number of nitrogens with zero attached hydrogens (tertiary/aromatic N) is 1. The lowest BCUT2D eigenvalue weighted by Gasteiger charge is -1.98. The van der Waals surface area contributed by atoms with Gasteiger partial charge >= 0.3 is 0 Å². The van der Waals surface area contributed by atoms with Crippen LogP contribution in [-0.2, 0) is 11.2 Å². The summed E-state index contributed by atoms with van der Waals surface area (Å²) in [5, 5.41) is 9.58. The third kappa shape index (κ3) is 2.56. The number of hydrogen-bond donors (Lipinski definition) is 1. The monoisotopic (exact) mass is 323 g/mol. The van der Waals surface area contributed by atoms with Gasteiger partial charge in [0, 0.05) is 0 Å². The second-order valence-corrected chi connectivity index (χ2v) is 5.17. The summed E-state index contributed by atoms with van der Waals surface area (Å²) in [4.78, 5) is 15.8. The molecule has 0 saturated carbocycles. The van der Waals surface area contributed by atoms with Crippen molar-refractivity contribution in [2.45, 2.75) is 27.2 Å². The van der Waals surface area contributed by atoms with Gasteiger partial charge in [-0.15, -0.1) is 0 Å². The molecule has 0 aliphatic carbocycles. The van der Waals surface area contributed by atoms with Crippen molar-refractivity contribution in [1.82, 2.24) is 4.98 Å². The molecule has 1 aromatic carbocycles. The van der Waals surface area contributed by atoms with Gasteiger partial charge in [-0.2, -0.15) is 0 Å². The van der Waals surface area contributed by atoms with Crippen LogP contribution >= 0.6 is 15.9 Å². The van der Waals surface area contributed by atoms with E-state index in [4.69, 9.17) is 4.42 Å². The maximum absolute atomic E-state index is 11.5. The van der Waals surface area contributed by atoms with Crippen LogP contribution in [0.25, 0.3) is 16.7 Å². The summed E-state index contributed by atoms with van der Waals surface area (Å²) in [6, 6.07) is 3.87. The van der Waals surface area contributed by atoms with E-state index < -0.39 is 0 Å².